The van der Waals surface area contributed by atoms with E-state index in [0.717, 1.165) is 48.2 Å². The number of carbonyl (C=O) groups is 2. The minimum atomic E-state index is -0.933. The Labute approximate surface area is 349 Å². The number of benzene rings is 2. The van der Waals surface area contributed by atoms with Crippen molar-refractivity contribution in [2.45, 2.75) is 76.7 Å². The number of fused-ring (bicyclic) bond motifs is 2. The van der Waals surface area contributed by atoms with Crippen LogP contribution in [-0.4, -0.2) is 98.9 Å². The van der Waals surface area contributed by atoms with Crippen LogP contribution in [0, 0.1) is 11.8 Å². The number of carbonyl (C=O) groups excluding carboxylic acids is 2. The van der Waals surface area contributed by atoms with E-state index in [-0.39, 0.29) is 25.0 Å². The molecule has 2 aliphatic carbocycles. The molecule has 0 atom stereocenters. The van der Waals surface area contributed by atoms with Gasteiger partial charge < -0.3 is 36.6 Å². The van der Waals surface area contributed by atoms with Gasteiger partial charge in [-0.15, -0.1) is 0 Å². The maximum Gasteiger partial charge on any atom is 0.251 e. The number of aliphatic hydroxyl groups is 3. The molecule has 306 valence electrons. The molecule has 7 N–H and O–H groups in total. The van der Waals surface area contributed by atoms with Gasteiger partial charge in [-0.3, -0.25) is 18.4 Å². The van der Waals surface area contributed by atoms with Crippen LogP contribution >= 0.6 is 15.9 Å². The number of nitrogens with one attached hydrogen (secondary N) is 4. The lowest BCUT2D eigenvalue weighted by atomic mass is 10.1. The summed E-state index contributed by atoms with van der Waals surface area (Å²) < 4.78 is 4.45. The monoisotopic (exact) mass is 862 g/mol. The first kappa shape index (κ1) is 41.3. The predicted octanol–water partition coefficient (Wildman–Crippen LogP) is 5.05. The third-order valence-electron chi connectivity index (χ3n) is 9.34. The lowest BCUT2D eigenvalue weighted by Crippen LogP contribution is -2.29. The Balaban J connectivity index is 0.000000180. The molecule has 2 amide bonds. The molecule has 2 aromatic carbocycles. The number of amides is 2. The smallest absolute Gasteiger partial charge is 0.251 e. The molecule has 0 unspecified atom stereocenters. The minimum Gasteiger partial charge on any atom is -0.389 e. The van der Waals surface area contributed by atoms with Crippen LogP contribution in [0.25, 0.3) is 33.8 Å². The summed E-state index contributed by atoms with van der Waals surface area (Å²) in [5, 5.41) is 41.3. The lowest BCUT2D eigenvalue weighted by molar-refractivity contribution is 0.0938. The fraction of sp³-hybridized carbons (Fsp3) is 0.349. The predicted molar refractivity (Wildman–Crippen MR) is 229 cm³/mol. The second-order valence-corrected chi connectivity index (χ2v) is 16.8. The third kappa shape index (κ3) is 10.8. The van der Waals surface area contributed by atoms with E-state index in [0.29, 0.717) is 63.0 Å². The number of aliphatic hydroxyl groups excluding tert-OH is 1. The van der Waals surface area contributed by atoms with Gasteiger partial charge in [0.05, 0.1) is 35.0 Å². The van der Waals surface area contributed by atoms with Gasteiger partial charge in [-0.05, 0) is 99.5 Å². The molecule has 0 radical (unpaired) electrons. The molecule has 2 fully saturated rings. The van der Waals surface area contributed by atoms with Gasteiger partial charge in [0.25, 0.3) is 11.8 Å². The van der Waals surface area contributed by atoms with E-state index in [1.54, 1.807) is 58.4 Å². The molecule has 4 heterocycles. The largest absolute Gasteiger partial charge is 0.389 e. The van der Waals surface area contributed by atoms with Crippen LogP contribution in [0.2, 0.25) is 0 Å². The van der Waals surface area contributed by atoms with E-state index in [1.807, 2.05) is 51.4 Å². The molecule has 15 nitrogen and oxygen atoms in total. The molecule has 2 aliphatic rings. The van der Waals surface area contributed by atoms with Crippen molar-refractivity contribution in [2.75, 3.05) is 30.3 Å². The molecule has 0 bridgehead atoms. The SMILES string of the molecule is CC(C)(O)CNc1nc(Br)cn2c(-c3ccc(C(=O)NC4CC4)cc3)cnc12.CC(C)(O)CNc1nc(C#CCO)cn2c(-c3ccc(C(=O)NC4CC4)cc3)cnc12. The summed E-state index contributed by atoms with van der Waals surface area (Å²) in [6.07, 6.45) is 11.3. The summed E-state index contributed by atoms with van der Waals surface area (Å²) in [5.74, 6) is 6.42. The summed E-state index contributed by atoms with van der Waals surface area (Å²) in [7, 11) is 0. The quantitative estimate of drug-likeness (QED) is 0.0812. The standard InChI is InChI=1S/C23H25N5O3.C20H22BrN5O2/c1-23(2,31)14-25-20-21-24-12-19(28(21)13-18(26-20)4-3-11-29)15-5-7-16(8-6-15)22(30)27-17-9-10-17;1-20(2,28)11-23-17-18-22-9-15(26(18)10-16(21)25-17)12-3-5-13(6-4-12)19(27)24-14-7-8-14/h5-8,12-13,17,29,31H,9-11,14H2,1-2H3,(H,25,26)(H,27,30);3-6,9-10,14,28H,7-8,11H2,1-2H3,(H,23,25)(H,24,27). The highest BCUT2D eigenvalue weighted by molar-refractivity contribution is 9.10. The second-order valence-electron chi connectivity index (χ2n) is 16.0. The zero-order chi connectivity index (χ0) is 41.9. The van der Waals surface area contributed by atoms with Crippen LogP contribution in [0.5, 0.6) is 0 Å². The van der Waals surface area contributed by atoms with Crippen molar-refractivity contribution >= 4 is 50.7 Å². The van der Waals surface area contributed by atoms with Crippen LogP contribution < -0.4 is 21.3 Å². The Morgan fingerprint density at radius 2 is 1.17 bits per heavy atom. The van der Waals surface area contributed by atoms with E-state index in [4.69, 9.17) is 5.11 Å². The number of nitrogens with zero attached hydrogens (tertiary/aromatic N) is 6. The Kier molecular flexibility index (Phi) is 12.0. The van der Waals surface area contributed by atoms with Crippen LogP contribution in [0.15, 0.2) is 77.9 Å². The van der Waals surface area contributed by atoms with Gasteiger partial charge in [-0.2, -0.15) is 0 Å². The normalized spacial score (nSPS) is 13.9. The average Bonchev–Trinajstić information content (AvgIpc) is 4.12. The van der Waals surface area contributed by atoms with Gasteiger partial charge in [-0.1, -0.05) is 30.2 Å². The maximum atomic E-state index is 12.2. The zero-order valence-corrected chi connectivity index (χ0v) is 34.8. The molecule has 0 spiro atoms. The number of imidazole rings is 2. The first-order chi connectivity index (χ1) is 28.1. The molecule has 0 aliphatic heterocycles. The van der Waals surface area contributed by atoms with Gasteiger partial charge in [-0.25, -0.2) is 19.9 Å². The molecule has 6 aromatic rings. The first-order valence-electron chi connectivity index (χ1n) is 19.4. The van der Waals surface area contributed by atoms with Crippen LogP contribution in [0.1, 0.15) is 79.8 Å². The van der Waals surface area contributed by atoms with E-state index >= 15 is 0 Å². The maximum absolute atomic E-state index is 12.2. The van der Waals surface area contributed by atoms with Crippen molar-refractivity contribution in [3.05, 3.63) is 94.7 Å². The first-order valence-corrected chi connectivity index (χ1v) is 20.2. The van der Waals surface area contributed by atoms with Gasteiger partial charge >= 0.3 is 0 Å². The van der Waals surface area contributed by atoms with E-state index in [2.05, 4.69) is 69.0 Å². The number of rotatable bonds is 12. The van der Waals surface area contributed by atoms with Crippen LogP contribution in [0.3, 0.4) is 0 Å². The molecule has 4 aromatic heterocycles. The van der Waals surface area contributed by atoms with Gasteiger partial charge in [0.15, 0.2) is 22.9 Å². The van der Waals surface area contributed by atoms with E-state index in [1.165, 1.54) is 0 Å². The Bertz CT molecular complexity index is 2540. The van der Waals surface area contributed by atoms with Crippen LogP contribution in [-0.2, 0) is 0 Å². The molecular weight excluding hydrogens is 816 g/mol. The van der Waals surface area contributed by atoms with Crippen LogP contribution in [0.4, 0.5) is 11.6 Å². The number of aromatic nitrogens is 6. The Hall–Kier alpha value is -5.86. The number of anilines is 2. The fourth-order valence-electron chi connectivity index (χ4n) is 5.98. The Morgan fingerprint density at radius 3 is 1.59 bits per heavy atom. The second kappa shape index (κ2) is 17.2. The third-order valence-corrected chi connectivity index (χ3v) is 9.72. The van der Waals surface area contributed by atoms with Crippen molar-refractivity contribution in [1.29, 1.82) is 0 Å². The summed E-state index contributed by atoms with van der Waals surface area (Å²) in [5.41, 5.74) is 4.71. The fourth-order valence-corrected chi connectivity index (χ4v) is 6.36. The Morgan fingerprint density at radius 1 is 0.729 bits per heavy atom. The molecule has 59 heavy (non-hydrogen) atoms. The molecule has 2 saturated carbocycles. The van der Waals surface area contributed by atoms with Gasteiger partial charge in [0, 0.05) is 59.8 Å². The van der Waals surface area contributed by atoms with Crippen molar-refractivity contribution < 1.29 is 24.9 Å². The van der Waals surface area contributed by atoms with Crippen molar-refractivity contribution in [2.24, 2.45) is 0 Å². The molecule has 16 heteroatoms. The number of hydrogen-bond acceptors (Lipinski definition) is 11. The number of halogens is 1. The highest BCUT2D eigenvalue weighted by Crippen LogP contribution is 2.28. The topological polar surface area (TPSA) is 203 Å². The van der Waals surface area contributed by atoms with Crippen molar-refractivity contribution in [3.63, 3.8) is 0 Å². The van der Waals surface area contributed by atoms with Crippen molar-refractivity contribution in [1.82, 2.24) is 39.4 Å². The summed E-state index contributed by atoms with van der Waals surface area (Å²) in [6, 6.07) is 15.5. The number of hydrogen-bond donors (Lipinski definition) is 7. The molecular formula is C43H47BrN10O5. The summed E-state index contributed by atoms with van der Waals surface area (Å²) in [4.78, 5) is 42.3. The van der Waals surface area contributed by atoms with E-state index < -0.39 is 11.2 Å². The highest BCUT2D eigenvalue weighted by Gasteiger charge is 2.25. The van der Waals surface area contributed by atoms with Gasteiger partial charge in [0.2, 0.25) is 0 Å². The summed E-state index contributed by atoms with van der Waals surface area (Å²) >= 11 is 3.44. The van der Waals surface area contributed by atoms with Gasteiger partial charge in [0.1, 0.15) is 16.9 Å². The molecule has 0 saturated heterocycles. The average molecular weight is 864 g/mol. The zero-order valence-electron chi connectivity index (χ0n) is 33.3. The minimum absolute atomic E-state index is 0.0303. The summed E-state index contributed by atoms with van der Waals surface area (Å²) in [6.45, 7) is 7.21. The van der Waals surface area contributed by atoms with E-state index in [9.17, 15) is 19.8 Å². The molecule has 8 rings (SSSR count). The highest BCUT2D eigenvalue weighted by atomic mass is 79.9. The van der Waals surface area contributed by atoms with Crippen molar-refractivity contribution in [3.8, 4) is 34.4 Å². The lowest BCUT2D eigenvalue weighted by Gasteiger charge is -2.18.